The quantitative estimate of drug-likeness (QED) is 0.797. The summed E-state index contributed by atoms with van der Waals surface area (Å²) in [7, 11) is 0. The van der Waals surface area contributed by atoms with Crippen LogP contribution in [0.4, 0.5) is 0 Å². The molecule has 2 N–H and O–H groups in total. The van der Waals surface area contributed by atoms with Crippen LogP contribution in [0.2, 0.25) is 0 Å². The lowest BCUT2D eigenvalue weighted by Crippen LogP contribution is -2.28. The second kappa shape index (κ2) is 5.25. The van der Waals surface area contributed by atoms with Crippen molar-refractivity contribution in [2.24, 2.45) is 0 Å². The number of aromatic nitrogens is 1. The predicted molar refractivity (Wildman–Crippen MR) is 57.8 cm³/mol. The normalized spacial score (nSPS) is 11.9. The molecule has 1 aromatic rings. The molecule has 16 heavy (non-hydrogen) atoms. The van der Waals surface area contributed by atoms with Gasteiger partial charge in [0.2, 0.25) is 5.91 Å². The monoisotopic (exact) mass is 222 g/mol. The predicted octanol–water partition coefficient (Wildman–Crippen LogP) is 1.04. The van der Waals surface area contributed by atoms with Gasteiger partial charge in [0, 0.05) is 18.8 Å². The molecule has 0 aliphatic heterocycles. The summed E-state index contributed by atoms with van der Waals surface area (Å²) in [5.41, 5.74) is 1.55. The first-order valence-corrected chi connectivity index (χ1v) is 4.90. The number of aliphatic carboxylic acids is 1. The highest BCUT2D eigenvalue weighted by molar-refractivity contribution is 5.75. The zero-order valence-corrected chi connectivity index (χ0v) is 9.23. The van der Waals surface area contributed by atoms with Gasteiger partial charge in [0.15, 0.2) is 0 Å². The van der Waals surface area contributed by atoms with Crippen molar-refractivity contribution in [3.8, 4) is 0 Å². The van der Waals surface area contributed by atoms with E-state index in [4.69, 9.17) is 5.11 Å². The van der Waals surface area contributed by atoms with E-state index >= 15 is 0 Å². The lowest BCUT2D eigenvalue weighted by atomic mass is 10.1. The summed E-state index contributed by atoms with van der Waals surface area (Å²) >= 11 is 0. The van der Waals surface area contributed by atoms with Crippen molar-refractivity contribution in [2.75, 3.05) is 0 Å². The topological polar surface area (TPSA) is 79.3 Å². The zero-order chi connectivity index (χ0) is 12.1. The molecular weight excluding hydrogens is 208 g/mol. The molecule has 0 bridgehead atoms. The van der Waals surface area contributed by atoms with Gasteiger partial charge in [-0.3, -0.25) is 14.6 Å². The number of rotatable bonds is 4. The van der Waals surface area contributed by atoms with Crippen LogP contribution in [0, 0.1) is 6.92 Å². The fourth-order valence-corrected chi connectivity index (χ4v) is 1.36. The first-order chi connectivity index (χ1) is 7.49. The number of nitrogens with one attached hydrogen (secondary N) is 1. The van der Waals surface area contributed by atoms with Crippen LogP contribution in [-0.4, -0.2) is 22.0 Å². The minimum atomic E-state index is -0.959. The number of pyridine rings is 1. The molecule has 0 radical (unpaired) electrons. The van der Waals surface area contributed by atoms with Crippen LogP contribution < -0.4 is 5.32 Å². The average molecular weight is 222 g/mol. The van der Waals surface area contributed by atoms with Crippen molar-refractivity contribution in [3.05, 3.63) is 29.6 Å². The number of carboxylic acid groups (broad SMARTS) is 1. The maximum atomic E-state index is 11.0. The van der Waals surface area contributed by atoms with Gasteiger partial charge in [-0.1, -0.05) is 6.07 Å². The SMILES string of the molecule is CC(=O)NC(CC(=O)O)c1ccc(C)nc1. The Hall–Kier alpha value is -1.91. The van der Waals surface area contributed by atoms with Crippen molar-refractivity contribution in [1.82, 2.24) is 10.3 Å². The minimum absolute atomic E-state index is 0.148. The van der Waals surface area contributed by atoms with Crippen molar-refractivity contribution in [1.29, 1.82) is 0 Å². The largest absolute Gasteiger partial charge is 0.481 e. The number of nitrogens with zero attached hydrogens (tertiary/aromatic N) is 1. The molecule has 1 rings (SSSR count). The maximum absolute atomic E-state index is 11.0. The fourth-order valence-electron chi connectivity index (χ4n) is 1.36. The molecule has 1 aromatic heterocycles. The lowest BCUT2D eigenvalue weighted by Gasteiger charge is -2.15. The lowest BCUT2D eigenvalue weighted by molar-refractivity contribution is -0.137. The van der Waals surface area contributed by atoms with Crippen LogP contribution in [-0.2, 0) is 9.59 Å². The molecule has 0 aliphatic carbocycles. The molecule has 1 heterocycles. The van der Waals surface area contributed by atoms with Gasteiger partial charge in [0.25, 0.3) is 0 Å². The highest BCUT2D eigenvalue weighted by Gasteiger charge is 2.16. The summed E-state index contributed by atoms with van der Waals surface area (Å²) in [6.45, 7) is 3.20. The van der Waals surface area contributed by atoms with E-state index in [1.54, 1.807) is 18.3 Å². The van der Waals surface area contributed by atoms with Gasteiger partial charge in [-0.15, -0.1) is 0 Å². The third-order valence-electron chi connectivity index (χ3n) is 2.09. The zero-order valence-electron chi connectivity index (χ0n) is 9.23. The Labute approximate surface area is 93.5 Å². The summed E-state index contributed by atoms with van der Waals surface area (Å²) in [4.78, 5) is 25.7. The first-order valence-electron chi connectivity index (χ1n) is 4.90. The number of hydrogen-bond donors (Lipinski definition) is 2. The highest BCUT2D eigenvalue weighted by atomic mass is 16.4. The molecule has 5 heteroatoms. The van der Waals surface area contributed by atoms with Crippen molar-refractivity contribution in [2.45, 2.75) is 26.3 Å². The van der Waals surface area contributed by atoms with E-state index < -0.39 is 12.0 Å². The molecular formula is C11H14N2O3. The number of carbonyl (C=O) groups excluding carboxylic acids is 1. The third-order valence-corrected chi connectivity index (χ3v) is 2.09. The Bertz CT molecular complexity index is 371. The maximum Gasteiger partial charge on any atom is 0.305 e. The van der Waals surface area contributed by atoms with Gasteiger partial charge in [-0.25, -0.2) is 0 Å². The van der Waals surface area contributed by atoms with E-state index in [1.807, 2.05) is 6.92 Å². The summed E-state index contributed by atoms with van der Waals surface area (Å²) < 4.78 is 0. The van der Waals surface area contributed by atoms with Crippen LogP contribution in [0.3, 0.4) is 0 Å². The summed E-state index contributed by atoms with van der Waals surface area (Å²) in [5.74, 6) is -1.22. The van der Waals surface area contributed by atoms with Crippen molar-refractivity contribution in [3.63, 3.8) is 0 Å². The second-order valence-electron chi connectivity index (χ2n) is 3.58. The molecule has 1 amide bonds. The molecule has 86 valence electrons. The first kappa shape index (κ1) is 12.2. The Morgan fingerprint density at radius 3 is 2.62 bits per heavy atom. The van der Waals surface area contributed by atoms with Gasteiger partial charge in [0.05, 0.1) is 12.5 Å². The Balaban J connectivity index is 2.86. The molecule has 0 saturated carbocycles. The number of carboxylic acids is 1. The standard InChI is InChI=1S/C11H14N2O3/c1-7-3-4-9(6-12-7)10(5-11(15)16)13-8(2)14/h3-4,6,10H,5H2,1-2H3,(H,13,14)(H,15,16). The molecule has 0 spiro atoms. The van der Waals surface area contributed by atoms with E-state index in [0.29, 0.717) is 5.56 Å². The summed E-state index contributed by atoms with van der Waals surface area (Å²) in [6, 6.07) is 3.03. The Morgan fingerprint density at radius 1 is 1.50 bits per heavy atom. The van der Waals surface area contributed by atoms with Gasteiger partial charge in [-0.05, 0) is 18.6 Å². The molecule has 1 unspecified atom stereocenters. The van der Waals surface area contributed by atoms with Gasteiger partial charge < -0.3 is 10.4 Å². The van der Waals surface area contributed by atoms with E-state index in [1.165, 1.54) is 6.92 Å². The molecule has 1 atom stereocenters. The molecule has 5 nitrogen and oxygen atoms in total. The Kier molecular flexibility index (Phi) is 3.99. The van der Waals surface area contributed by atoms with Crippen LogP contribution in [0.1, 0.15) is 30.6 Å². The molecule has 0 saturated heterocycles. The number of amides is 1. The highest BCUT2D eigenvalue weighted by Crippen LogP contribution is 2.16. The smallest absolute Gasteiger partial charge is 0.305 e. The molecule has 0 aromatic carbocycles. The van der Waals surface area contributed by atoms with E-state index in [0.717, 1.165) is 5.69 Å². The summed E-state index contributed by atoms with van der Waals surface area (Å²) in [6.07, 6.45) is 1.43. The third kappa shape index (κ3) is 3.68. The Morgan fingerprint density at radius 2 is 2.19 bits per heavy atom. The van der Waals surface area contributed by atoms with Crippen LogP contribution in [0.15, 0.2) is 18.3 Å². The van der Waals surface area contributed by atoms with Crippen LogP contribution in [0.5, 0.6) is 0 Å². The van der Waals surface area contributed by atoms with Gasteiger partial charge in [0.1, 0.15) is 0 Å². The molecule has 0 aliphatic rings. The van der Waals surface area contributed by atoms with Crippen LogP contribution >= 0.6 is 0 Å². The van der Waals surface area contributed by atoms with E-state index in [9.17, 15) is 9.59 Å². The number of hydrogen-bond acceptors (Lipinski definition) is 3. The fraction of sp³-hybridized carbons (Fsp3) is 0.364. The van der Waals surface area contributed by atoms with Gasteiger partial charge in [-0.2, -0.15) is 0 Å². The average Bonchev–Trinajstić information content (AvgIpc) is 2.16. The second-order valence-corrected chi connectivity index (χ2v) is 3.58. The van der Waals surface area contributed by atoms with E-state index in [2.05, 4.69) is 10.3 Å². The van der Waals surface area contributed by atoms with E-state index in [-0.39, 0.29) is 12.3 Å². The minimum Gasteiger partial charge on any atom is -0.481 e. The van der Waals surface area contributed by atoms with Crippen LogP contribution in [0.25, 0.3) is 0 Å². The van der Waals surface area contributed by atoms with Gasteiger partial charge >= 0.3 is 5.97 Å². The number of aryl methyl sites for hydroxylation is 1. The van der Waals surface area contributed by atoms with Crippen molar-refractivity contribution >= 4 is 11.9 Å². The number of carbonyl (C=O) groups is 2. The summed E-state index contributed by atoms with van der Waals surface area (Å²) in [5, 5.41) is 11.3. The van der Waals surface area contributed by atoms with Crippen molar-refractivity contribution < 1.29 is 14.7 Å². The molecule has 0 fully saturated rings.